The molecule has 0 aliphatic heterocycles. The third-order valence-electron chi connectivity index (χ3n) is 0.228. The number of hydrogen-bond donors (Lipinski definition) is 3. The Bertz CT molecular complexity index is 261. The fourth-order valence-corrected chi connectivity index (χ4v) is 0.313. The fourth-order valence-electron chi connectivity index (χ4n) is 0.0815. The molecule has 0 unspecified atom stereocenters. The topological polar surface area (TPSA) is 171 Å². The molecule has 12 heavy (non-hydrogen) atoms. The summed E-state index contributed by atoms with van der Waals surface area (Å²) >= 11 is 0. The van der Waals surface area contributed by atoms with Gasteiger partial charge in [-0.1, -0.05) is 8.67 Å². The minimum Gasteiger partial charge on any atom is -0.344 e. The van der Waals surface area contributed by atoms with E-state index in [1.165, 1.54) is 0 Å². The molecule has 76 valence electrons. The van der Waals surface area contributed by atoms with Gasteiger partial charge >= 0.3 is 20.8 Å². The maximum Gasteiger partial charge on any atom is 0.426 e. The van der Waals surface area contributed by atoms with E-state index in [-0.39, 0.29) is 6.15 Å². The van der Waals surface area contributed by atoms with Gasteiger partial charge in [-0.3, -0.25) is 9.11 Å². The quantitative estimate of drug-likeness (QED) is 0.295. The zero-order valence-electron chi connectivity index (χ0n) is 5.28. The standard InChI is InChI=1S/H3N.H2O9S2/c;1-10(2,3)8-7-9-11(4,5)6/h1H3;(H,1,2,3)(H,4,5,6). The second-order valence-corrected chi connectivity index (χ2v) is 3.04. The Morgan fingerprint density at radius 2 is 1.08 bits per heavy atom. The van der Waals surface area contributed by atoms with Gasteiger partial charge in [0.05, 0.1) is 0 Å². The molecule has 0 heterocycles. The van der Waals surface area contributed by atoms with Crippen molar-refractivity contribution < 1.29 is 39.6 Å². The molecular weight excluding hydrogens is 222 g/mol. The smallest absolute Gasteiger partial charge is 0.344 e. The molecular formula is H5NO9S2. The molecule has 0 atom stereocenters. The molecule has 0 bridgehead atoms. The molecule has 0 aromatic carbocycles. The lowest BCUT2D eigenvalue weighted by molar-refractivity contribution is -0.412. The van der Waals surface area contributed by atoms with Gasteiger partial charge < -0.3 is 6.15 Å². The molecule has 0 spiro atoms. The van der Waals surface area contributed by atoms with Crippen molar-refractivity contribution in [2.24, 2.45) is 0 Å². The average molecular weight is 227 g/mol. The van der Waals surface area contributed by atoms with Crippen LogP contribution in [0.1, 0.15) is 0 Å². The lowest BCUT2D eigenvalue weighted by Crippen LogP contribution is -2.09. The maximum absolute atomic E-state index is 9.57. The van der Waals surface area contributed by atoms with E-state index in [9.17, 15) is 16.8 Å². The van der Waals surface area contributed by atoms with Crippen molar-refractivity contribution in [1.29, 1.82) is 0 Å². The van der Waals surface area contributed by atoms with Crippen molar-refractivity contribution in [1.82, 2.24) is 6.15 Å². The Hall–Kier alpha value is -0.340. The zero-order chi connectivity index (χ0) is 9.12. The van der Waals surface area contributed by atoms with E-state index in [1.54, 1.807) is 0 Å². The van der Waals surface area contributed by atoms with Crippen LogP contribution in [-0.4, -0.2) is 25.9 Å². The van der Waals surface area contributed by atoms with Gasteiger partial charge in [0.25, 0.3) is 0 Å². The third kappa shape index (κ3) is 12.3. The fraction of sp³-hybridized carbons (Fsp3) is 0. The highest BCUT2D eigenvalue weighted by Crippen LogP contribution is 1.92. The Morgan fingerprint density at radius 3 is 1.25 bits per heavy atom. The monoisotopic (exact) mass is 227 g/mol. The first-order valence-electron chi connectivity index (χ1n) is 1.70. The second-order valence-electron chi connectivity index (χ2n) is 1.06. The van der Waals surface area contributed by atoms with Gasteiger partial charge in [-0.05, 0) is 5.04 Å². The van der Waals surface area contributed by atoms with Crippen LogP contribution in [0.25, 0.3) is 0 Å². The molecule has 0 fully saturated rings. The van der Waals surface area contributed by atoms with E-state index in [0.717, 1.165) is 0 Å². The predicted molar refractivity (Wildman–Crippen MR) is 31.4 cm³/mol. The van der Waals surface area contributed by atoms with Crippen LogP contribution in [0.15, 0.2) is 0 Å². The zero-order valence-corrected chi connectivity index (χ0v) is 6.91. The Labute approximate surface area is 67.4 Å². The lowest BCUT2D eigenvalue weighted by atomic mass is 14.0. The minimum atomic E-state index is -4.97. The van der Waals surface area contributed by atoms with Crippen LogP contribution in [0.3, 0.4) is 0 Å². The largest absolute Gasteiger partial charge is 0.426 e. The Balaban J connectivity index is 0. The Kier molecular flexibility index (Phi) is 5.48. The minimum absolute atomic E-state index is 0. The molecule has 0 saturated heterocycles. The molecule has 0 aromatic rings. The van der Waals surface area contributed by atoms with Crippen LogP contribution in [0.4, 0.5) is 0 Å². The van der Waals surface area contributed by atoms with Gasteiger partial charge in [0, 0.05) is 0 Å². The van der Waals surface area contributed by atoms with Gasteiger partial charge in [-0.25, -0.2) is 0 Å². The van der Waals surface area contributed by atoms with Crippen molar-refractivity contribution in [2.45, 2.75) is 0 Å². The van der Waals surface area contributed by atoms with Crippen LogP contribution in [0.5, 0.6) is 0 Å². The molecule has 5 N–H and O–H groups in total. The summed E-state index contributed by atoms with van der Waals surface area (Å²) in [5, 5.41) is 2.89. The molecule has 10 nitrogen and oxygen atoms in total. The number of rotatable bonds is 4. The van der Waals surface area contributed by atoms with Crippen LogP contribution >= 0.6 is 0 Å². The van der Waals surface area contributed by atoms with Gasteiger partial charge in [0.1, 0.15) is 0 Å². The molecule has 0 rings (SSSR count). The molecule has 0 aromatic heterocycles. The number of hydrogen-bond acceptors (Lipinski definition) is 8. The summed E-state index contributed by atoms with van der Waals surface area (Å²) in [6, 6.07) is 0. The molecule has 12 heteroatoms. The maximum atomic E-state index is 9.57. The van der Waals surface area contributed by atoms with E-state index in [1.807, 2.05) is 0 Å². The average Bonchev–Trinajstić information content (AvgIpc) is 1.55. The van der Waals surface area contributed by atoms with E-state index < -0.39 is 20.8 Å². The van der Waals surface area contributed by atoms with E-state index in [0.29, 0.717) is 0 Å². The first kappa shape index (κ1) is 14.2. The summed E-state index contributed by atoms with van der Waals surface area (Å²) < 4.78 is 59.4. The third-order valence-corrected chi connectivity index (χ3v) is 0.683. The normalized spacial score (nSPS) is 12.2. The predicted octanol–water partition coefficient (Wildman–Crippen LogP) is -1.37. The molecule has 0 saturated carbocycles. The van der Waals surface area contributed by atoms with Crippen LogP contribution < -0.4 is 6.15 Å². The summed E-state index contributed by atoms with van der Waals surface area (Å²) in [6.07, 6.45) is 0. The highest BCUT2D eigenvalue weighted by atomic mass is 32.3. The molecule has 0 radical (unpaired) electrons. The summed E-state index contributed by atoms with van der Waals surface area (Å²) in [7, 11) is -9.94. The van der Waals surface area contributed by atoms with Crippen molar-refractivity contribution in [2.75, 3.05) is 0 Å². The van der Waals surface area contributed by atoms with Crippen LogP contribution in [0.2, 0.25) is 0 Å². The molecule has 0 aliphatic rings. The summed E-state index contributed by atoms with van der Waals surface area (Å²) in [5.41, 5.74) is 0. The SMILES string of the molecule is N.O=S(=O)(O)OOOS(=O)(=O)O. The molecule has 0 aliphatic carbocycles. The van der Waals surface area contributed by atoms with E-state index in [4.69, 9.17) is 9.11 Å². The summed E-state index contributed by atoms with van der Waals surface area (Å²) in [6.45, 7) is 0. The van der Waals surface area contributed by atoms with Crippen molar-refractivity contribution in [3.05, 3.63) is 0 Å². The van der Waals surface area contributed by atoms with Gasteiger partial charge in [-0.2, -0.15) is 16.8 Å². The lowest BCUT2D eigenvalue weighted by Gasteiger charge is -1.93. The van der Waals surface area contributed by atoms with E-state index >= 15 is 0 Å². The van der Waals surface area contributed by atoms with Crippen molar-refractivity contribution in [3.63, 3.8) is 0 Å². The van der Waals surface area contributed by atoms with Gasteiger partial charge in [-0.15, -0.1) is 0 Å². The van der Waals surface area contributed by atoms with Crippen LogP contribution in [-0.2, 0) is 34.5 Å². The molecule has 0 amide bonds. The van der Waals surface area contributed by atoms with Crippen molar-refractivity contribution in [3.8, 4) is 0 Å². The first-order valence-corrected chi connectivity index (χ1v) is 4.43. The van der Waals surface area contributed by atoms with Crippen molar-refractivity contribution >= 4 is 20.8 Å². The Morgan fingerprint density at radius 1 is 0.833 bits per heavy atom. The van der Waals surface area contributed by atoms with Gasteiger partial charge in [0.15, 0.2) is 0 Å². The van der Waals surface area contributed by atoms with Crippen LogP contribution in [0, 0.1) is 0 Å². The van der Waals surface area contributed by atoms with Gasteiger partial charge in [0.2, 0.25) is 0 Å². The second kappa shape index (κ2) is 4.63. The highest BCUT2D eigenvalue weighted by molar-refractivity contribution is 7.81. The first-order chi connectivity index (χ1) is 4.71. The summed E-state index contributed by atoms with van der Waals surface area (Å²) in [4.78, 5) is 0. The highest BCUT2D eigenvalue weighted by Gasteiger charge is 2.11. The summed E-state index contributed by atoms with van der Waals surface area (Å²) in [5.74, 6) is 0. The van der Waals surface area contributed by atoms with E-state index in [2.05, 4.69) is 13.7 Å².